The zero-order valence-electron chi connectivity index (χ0n) is 13.3. The molecule has 4 rings (SSSR count). The first-order valence-corrected chi connectivity index (χ1v) is 7.80. The summed E-state index contributed by atoms with van der Waals surface area (Å²) in [4.78, 5) is 0. The van der Waals surface area contributed by atoms with Gasteiger partial charge in [0.2, 0.25) is 13.6 Å². The Hall–Kier alpha value is -2.88. The molecule has 2 heterocycles. The first-order chi connectivity index (χ1) is 12.1. The molecule has 0 bridgehead atoms. The molecule has 0 aliphatic carbocycles. The average molecular weight is 340 g/mol. The van der Waals surface area contributed by atoms with Crippen molar-refractivity contribution in [1.82, 2.24) is 0 Å². The lowest BCUT2D eigenvalue weighted by Gasteiger charge is -2.19. The van der Waals surface area contributed by atoms with Crippen molar-refractivity contribution in [2.24, 2.45) is 0 Å². The van der Waals surface area contributed by atoms with Gasteiger partial charge < -0.3 is 29.2 Å². The van der Waals surface area contributed by atoms with Gasteiger partial charge in [0.25, 0.3) is 0 Å². The summed E-state index contributed by atoms with van der Waals surface area (Å²) in [5.41, 5.74) is -0.105. The second-order valence-corrected chi connectivity index (χ2v) is 5.87. The van der Waals surface area contributed by atoms with E-state index in [9.17, 15) is 10.2 Å². The molecule has 2 aromatic carbocycles. The number of rotatable bonds is 3. The van der Waals surface area contributed by atoms with Crippen LogP contribution in [-0.4, -0.2) is 36.0 Å². The number of hydrogen-bond donors (Lipinski definition) is 2. The maximum absolute atomic E-state index is 10.6. The van der Waals surface area contributed by atoms with Crippen LogP contribution >= 0.6 is 0 Å². The normalized spacial score (nSPS) is 16.1. The van der Waals surface area contributed by atoms with Crippen LogP contribution in [0.1, 0.15) is 11.1 Å². The summed E-state index contributed by atoms with van der Waals surface area (Å²) in [6.07, 6.45) is 0.164. The van der Waals surface area contributed by atoms with Crippen LogP contribution in [0.3, 0.4) is 0 Å². The predicted octanol–water partition coefficient (Wildman–Crippen LogP) is 1.46. The largest absolute Gasteiger partial charge is 0.454 e. The van der Waals surface area contributed by atoms with Crippen molar-refractivity contribution < 1.29 is 29.2 Å². The van der Waals surface area contributed by atoms with Gasteiger partial charge in [-0.05, 0) is 35.9 Å². The number of fused-ring (bicyclic) bond motifs is 2. The van der Waals surface area contributed by atoms with Gasteiger partial charge >= 0.3 is 0 Å². The van der Waals surface area contributed by atoms with Crippen LogP contribution in [0.25, 0.3) is 0 Å². The van der Waals surface area contributed by atoms with Crippen molar-refractivity contribution in [2.75, 3.05) is 20.2 Å². The van der Waals surface area contributed by atoms with Gasteiger partial charge in [-0.1, -0.05) is 17.9 Å². The van der Waals surface area contributed by atoms with E-state index in [2.05, 4.69) is 11.8 Å². The third-order valence-corrected chi connectivity index (χ3v) is 4.01. The lowest BCUT2D eigenvalue weighted by molar-refractivity contribution is 0.0362. The third kappa shape index (κ3) is 3.20. The molecular weight excluding hydrogens is 324 g/mol. The van der Waals surface area contributed by atoms with E-state index in [4.69, 9.17) is 18.9 Å². The Kier molecular flexibility index (Phi) is 3.88. The summed E-state index contributed by atoms with van der Waals surface area (Å²) in [6, 6.07) is 10.7. The smallest absolute Gasteiger partial charge is 0.231 e. The Morgan fingerprint density at radius 2 is 1.52 bits per heavy atom. The molecular formula is C19H16O6. The van der Waals surface area contributed by atoms with Crippen LogP contribution in [0.2, 0.25) is 0 Å². The molecule has 6 nitrogen and oxygen atoms in total. The molecule has 2 aliphatic heterocycles. The van der Waals surface area contributed by atoms with Gasteiger partial charge in [0.15, 0.2) is 28.6 Å². The van der Waals surface area contributed by atoms with E-state index in [1.807, 2.05) is 6.07 Å². The standard InChI is InChI=1S/C19H16O6/c20-10-19(21,9-14-2-4-16-18(8-14)25-12-23-16)6-5-13-1-3-15-17(7-13)24-11-22-15/h1-4,7-8,20-21H,9-12H2/t19-/m1/s1. The molecule has 0 radical (unpaired) electrons. The van der Waals surface area contributed by atoms with Crippen molar-refractivity contribution in [3.05, 3.63) is 47.5 Å². The predicted molar refractivity (Wildman–Crippen MR) is 87.7 cm³/mol. The number of hydrogen-bond acceptors (Lipinski definition) is 6. The first-order valence-electron chi connectivity index (χ1n) is 7.80. The maximum Gasteiger partial charge on any atom is 0.231 e. The molecule has 2 N–H and O–H groups in total. The SMILES string of the molecule is OC[C@@](O)(C#Cc1ccc2c(c1)OCO2)Cc1ccc2c(c1)OCO2. The Labute approximate surface area is 144 Å². The quantitative estimate of drug-likeness (QED) is 0.824. The van der Waals surface area contributed by atoms with Crippen molar-refractivity contribution in [3.8, 4) is 34.8 Å². The minimum absolute atomic E-state index is 0.164. The Bertz CT molecular complexity index is 866. The van der Waals surface area contributed by atoms with E-state index in [0.29, 0.717) is 28.6 Å². The van der Waals surface area contributed by atoms with E-state index in [0.717, 1.165) is 5.56 Å². The highest BCUT2D eigenvalue weighted by molar-refractivity contribution is 5.50. The maximum atomic E-state index is 10.6. The van der Waals surface area contributed by atoms with Crippen LogP contribution in [-0.2, 0) is 6.42 Å². The molecule has 0 spiro atoms. The van der Waals surface area contributed by atoms with E-state index in [-0.39, 0.29) is 20.0 Å². The Morgan fingerprint density at radius 1 is 0.880 bits per heavy atom. The zero-order chi connectivity index (χ0) is 17.3. The molecule has 0 amide bonds. The van der Waals surface area contributed by atoms with Crippen LogP contribution in [0.15, 0.2) is 36.4 Å². The highest BCUT2D eigenvalue weighted by Crippen LogP contribution is 2.34. The molecule has 2 aromatic rings. The number of ether oxygens (including phenoxy) is 4. The van der Waals surface area contributed by atoms with Gasteiger partial charge in [-0.25, -0.2) is 0 Å². The van der Waals surface area contributed by atoms with Gasteiger partial charge in [-0.2, -0.15) is 0 Å². The van der Waals surface area contributed by atoms with Crippen LogP contribution in [0.4, 0.5) is 0 Å². The number of aliphatic hydroxyl groups excluding tert-OH is 1. The molecule has 0 aromatic heterocycles. The van der Waals surface area contributed by atoms with Gasteiger partial charge in [-0.3, -0.25) is 0 Å². The molecule has 25 heavy (non-hydrogen) atoms. The second-order valence-electron chi connectivity index (χ2n) is 5.87. The second kappa shape index (κ2) is 6.20. The van der Waals surface area contributed by atoms with E-state index < -0.39 is 12.2 Å². The van der Waals surface area contributed by atoms with E-state index in [1.165, 1.54) is 0 Å². The molecule has 1 atom stereocenters. The molecule has 2 aliphatic rings. The molecule has 0 saturated heterocycles. The van der Waals surface area contributed by atoms with Crippen molar-refractivity contribution in [2.45, 2.75) is 12.0 Å². The third-order valence-electron chi connectivity index (χ3n) is 4.01. The average Bonchev–Trinajstić information content (AvgIpc) is 3.28. The fraction of sp³-hybridized carbons (Fsp3) is 0.263. The minimum Gasteiger partial charge on any atom is -0.454 e. The summed E-state index contributed by atoms with van der Waals surface area (Å²) < 4.78 is 21.2. The molecule has 128 valence electrons. The van der Waals surface area contributed by atoms with Crippen molar-refractivity contribution in [1.29, 1.82) is 0 Å². The summed E-state index contributed by atoms with van der Waals surface area (Å²) in [5.74, 6) is 8.23. The molecule has 0 unspecified atom stereocenters. The fourth-order valence-corrected chi connectivity index (χ4v) is 2.69. The topological polar surface area (TPSA) is 77.4 Å². The van der Waals surface area contributed by atoms with Gasteiger partial charge in [0, 0.05) is 12.0 Å². The van der Waals surface area contributed by atoms with Crippen LogP contribution < -0.4 is 18.9 Å². The van der Waals surface area contributed by atoms with Crippen LogP contribution in [0, 0.1) is 11.8 Å². The number of benzene rings is 2. The monoisotopic (exact) mass is 340 g/mol. The van der Waals surface area contributed by atoms with Gasteiger partial charge in [-0.15, -0.1) is 0 Å². The zero-order valence-corrected chi connectivity index (χ0v) is 13.3. The van der Waals surface area contributed by atoms with Crippen molar-refractivity contribution >= 4 is 0 Å². The Morgan fingerprint density at radius 3 is 2.24 bits per heavy atom. The summed E-state index contributed by atoms with van der Waals surface area (Å²) >= 11 is 0. The van der Waals surface area contributed by atoms with Crippen molar-refractivity contribution in [3.63, 3.8) is 0 Å². The first kappa shape index (κ1) is 15.6. The number of aliphatic hydroxyl groups is 2. The highest BCUT2D eigenvalue weighted by Gasteiger charge is 2.25. The summed E-state index contributed by atoms with van der Waals surface area (Å²) in [7, 11) is 0. The van der Waals surface area contributed by atoms with Crippen LogP contribution in [0.5, 0.6) is 23.0 Å². The summed E-state index contributed by atoms with van der Waals surface area (Å²) in [5, 5.41) is 20.2. The van der Waals surface area contributed by atoms with E-state index in [1.54, 1.807) is 30.3 Å². The molecule has 0 saturated carbocycles. The van der Waals surface area contributed by atoms with Gasteiger partial charge in [0.05, 0.1) is 6.61 Å². The summed E-state index contributed by atoms with van der Waals surface area (Å²) in [6.45, 7) is -0.108. The minimum atomic E-state index is -1.57. The Balaban J connectivity index is 1.55. The van der Waals surface area contributed by atoms with E-state index >= 15 is 0 Å². The highest BCUT2D eigenvalue weighted by atomic mass is 16.7. The lowest BCUT2D eigenvalue weighted by atomic mass is 9.95. The molecule has 0 fully saturated rings. The lowest BCUT2D eigenvalue weighted by Crippen LogP contribution is -2.34. The molecule has 6 heteroatoms. The van der Waals surface area contributed by atoms with Gasteiger partial charge in [0.1, 0.15) is 0 Å². The fourth-order valence-electron chi connectivity index (χ4n) is 2.69.